The van der Waals surface area contributed by atoms with Gasteiger partial charge >= 0.3 is 0 Å². The molecule has 3 rings (SSSR count). The summed E-state index contributed by atoms with van der Waals surface area (Å²) in [4.78, 5) is 14.1. The topological polar surface area (TPSA) is 54.7 Å². The second kappa shape index (κ2) is 7.27. The average molecular weight is 346 g/mol. The molecule has 5 nitrogen and oxygen atoms in total. The molecule has 0 saturated carbocycles. The summed E-state index contributed by atoms with van der Waals surface area (Å²) in [6.45, 7) is 7.34. The van der Waals surface area contributed by atoms with Crippen molar-refractivity contribution < 1.29 is 18.3 Å². The SMILES string of the molecule is Cc1ccoc1C(=O)NCc1ccc(N2C[C@@H](C)O[C@H](C)C2)c(F)c1. The predicted octanol–water partition coefficient (Wildman–Crippen LogP) is 3.27. The Hall–Kier alpha value is -2.34. The Morgan fingerprint density at radius 2 is 2.00 bits per heavy atom. The first-order chi connectivity index (χ1) is 11.9. The van der Waals surface area contributed by atoms with E-state index >= 15 is 0 Å². The van der Waals surface area contributed by atoms with Crippen LogP contribution >= 0.6 is 0 Å². The van der Waals surface area contributed by atoms with Gasteiger partial charge in [-0.1, -0.05) is 6.07 Å². The first-order valence-corrected chi connectivity index (χ1v) is 8.45. The summed E-state index contributed by atoms with van der Waals surface area (Å²) in [7, 11) is 0. The van der Waals surface area contributed by atoms with Crippen molar-refractivity contribution in [3.8, 4) is 0 Å². The maximum atomic E-state index is 14.5. The number of hydrogen-bond acceptors (Lipinski definition) is 4. The molecule has 2 heterocycles. The molecule has 0 radical (unpaired) electrons. The first kappa shape index (κ1) is 17.5. The number of hydrogen-bond donors (Lipinski definition) is 1. The molecule has 0 aliphatic carbocycles. The third kappa shape index (κ3) is 4.02. The standard InChI is InChI=1S/C19H23FN2O3/c1-12-6-7-24-18(12)19(23)21-9-15-4-5-17(16(20)8-15)22-10-13(2)25-14(3)11-22/h4-8,13-14H,9-11H2,1-3H3,(H,21,23)/t13-,14-/m1/s1. The molecular formula is C19H23FN2O3. The van der Waals surface area contributed by atoms with Gasteiger partial charge in [0, 0.05) is 25.2 Å². The summed E-state index contributed by atoms with van der Waals surface area (Å²) in [5.74, 6) is -0.307. The quantitative estimate of drug-likeness (QED) is 0.923. The highest BCUT2D eigenvalue weighted by Crippen LogP contribution is 2.24. The Balaban J connectivity index is 1.66. The molecule has 6 heteroatoms. The van der Waals surface area contributed by atoms with E-state index < -0.39 is 0 Å². The lowest BCUT2D eigenvalue weighted by atomic mass is 10.1. The van der Waals surface area contributed by atoms with E-state index in [0.29, 0.717) is 24.3 Å². The Morgan fingerprint density at radius 3 is 2.60 bits per heavy atom. The number of carbonyl (C=O) groups excluding carboxylic acids is 1. The van der Waals surface area contributed by atoms with Gasteiger partial charge in [-0.25, -0.2) is 4.39 Å². The lowest BCUT2D eigenvalue weighted by Gasteiger charge is -2.37. The van der Waals surface area contributed by atoms with Crippen LogP contribution < -0.4 is 10.2 Å². The van der Waals surface area contributed by atoms with Gasteiger partial charge in [0.05, 0.1) is 24.2 Å². The molecular weight excluding hydrogens is 323 g/mol. The fourth-order valence-corrected chi connectivity index (χ4v) is 3.16. The van der Waals surface area contributed by atoms with Gasteiger partial charge < -0.3 is 19.4 Å². The van der Waals surface area contributed by atoms with Crippen molar-refractivity contribution in [2.24, 2.45) is 0 Å². The number of anilines is 1. The van der Waals surface area contributed by atoms with Crippen LogP contribution in [0.1, 0.15) is 35.5 Å². The van der Waals surface area contributed by atoms with E-state index in [4.69, 9.17) is 9.15 Å². The van der Waals surface area contributed by atoms with Gasteiger partial charge in [-0.2, -0.15) is 0 Å². The number of furan rings is 1. The first-order valence-electron chi connectivity index (χ1n) is 8.45. The van der Waals surface area contributed by atoms with Crippen molar-refractivity contribution in [3.63, 3.8) is 0 Å². The highest BCUT2D eigenvalue weighted by molar-refractivity contribution is 5.92. The lowest BCUT2D eigenvalue weighted by Crippen LogP contribution is -2.45. The molecule has 0 bridgehead atoms. The van der Waals surface area contributed by atoms with Crippen LogP contribution in [0.3, 0.4) is 0 Å². The molecule has 0 unspecified atom stereocenters. The molecule has 2 atom stereocenters. The molecule has 134 valence electrons. The molecule has 1 fully saturated rings. The lowest BCUT2D eigenvalue weighted by molar-refractivity contribution is -0.00539. The fraction of sp³-hybridized carbons (Fsp3) is 0.421. The van der Waals surface area contributed by atoms with Crippen molar-refractivity contribution in [1.29, 1.82) is 0 Å². The van der Waals surface area contributed by atoms with Crippen LogP contribution in [0.15, 0.2) is 34.9 Å². The summed E-state index contributed by atoms with van der Waals surface area (Å²) in [6.07, 6.45) is 1.61. The van der Waals surface area contributed by atoms with E-state index in [-0.39, 0.29) is 36.2 Å². The van der Waals surface area contributed by atoms with Crippen LogP contribution in [-0.2, 0) is 11.3 Å². The fourth-order valence-electron chi connectivity index (χ4n) is 3.16. The zero-order valence-electron chi connectivity index (χ0n) is 14.7. The van der Waals surface area contributed by atoms with E-state index in [9.17, 15) is 9.18 Å². The number of halogens is 1. The van der Waals surface area contributed by atoms with Crippen LogP contribution in [0.5, 0.6) is 0 Å². The van der Waals surface area contributed by atoms with Crippen LogP contribution in [0.4, 0.5) is 10.1 Å². The Labute approximate surface area is 146 Å². The summed E-state index contributed by atoms with van der Waals surface area (Å²) >= 11 is 0. The van der Waals surface area contributed by atoms with E-state index in [2.05, 4.69) is 5.32 Å². The summed E-state index contributed by atoms with van der Waals surface area (Å²) < 4.78 is 25.4. The van der Waals surface area contributed by atoms with Crippen LogP contribution in [-0.4, -0.2) is 31.2 Å². The van der Waals surface area contributed by atoms with Gasteiger partial charge in [-0.3, -0.25) is 4.79 Å². The Bertz CT molecular complexity index is 749. The molecule has 1 amide bonds. The molecule has 1 aromatic heterocycles. The number of aryl methyl sites for hydroxylation is 1. The van der Waals surface area contributed by atoms with E-state index in [1.54, 1.807) is 19.1 Å². The van der Waals surface area contributed by atoms with Crippen molar-refractivity contribution >= 4 is 11.6 Å². The monoisotopic (exact) mass is 346 g/mol. The Kier molecular flexibility index (Phi) is 5.08. The summed E-state index contributed by atoms with van der Waals surface area (Å²) in [5, 5.41) is 2.75. The molecule has 2 aromatic rings. The zero-order chi connectivity index (χ0) is 18.0. The minimum atomic E-state index is -0.303. The average Bonchev–Trinajstić information content (AvgIpc) is 2.98. The summed E-state index contributed by atoms with van der Waals surface area (Å²) in [6, 6.07) is 6.79. The van der Waals surface area contributed by atoms with Crippen molar-refractivity contribution in [2.75, 3.05) is 18.0 Å². The van der Waals surface area contributed by atoms with Gasteiger partial charge in [0.25, 0.3) is 5.91 Å². The molecule has 1 aliphatic heterocycles. The van der Waals surface area contributed by atoms with Crippen LogP contribution in [0.25, 0.3) is 0 Å². The van der Waals surface area contributed by atoms with Gasteiger partial charge in [0.1, 0.15) is 5.82 Å². The molecule has 1 N–H and O–H groups in total. The van der Waals surface area contributed by atoms with E-state index in [1.807, 2.05) is 24.8 Å². The predicted molar refractivity (Wildman–Crippen MR) is 93.2 cm³/mol. The van der Waals surface area contributed by atoms with Gasteiger partial charge in [-0.05, 0) is 44.5 Å². The number of morpholine rings is 1. The molecule has 0 spiro atoms. The third-order valence-corrected chi connectivity index (χ3v) is 4.29. The van der Waals surface area contributed by atoms with Crippen LogP contribution in [0.2, 0.25) is 0 Å². The number of nitrogens with zero attached hydrogens (tertiary/aromatic N) is 1. The highest BCUT2D eigenvalue weighted by Gasteiger charge is 2.24. The van der Waals surface area contributed by atoms with E-state index in [0.717, 1.165) is 5.56 Å². The number of nitrogens with one attached hydrogen (secondary N) is 1. The van der Waals surface area contributed by atoms with Crippen molar-refractivity contribution in [3.05, 3.63) is 53.2 Å². The number of rotatable bonds is 4. The van der Waals surface area contributed by atoms with Gasteiger partial charge in [-0.15, -0.1) is 0 Å². The molecule has 1 saturated heterocycles. The third-order valence-electron chi connectivity index (χ3n) is 4.29. The number of benzene rings is 1. The van der Waals surface area contributed by atoms with Gasteiger partial charge in [0.15, 0.2) is 5.76 Å². The minimum Gasteiger partial charge on any atom is -0.459 e. The van der Waals surface area contributed by atoms with Crippen molar-refractivity contribution in [2.45, 2.75) is 39.5 Å². The smallest absolute Gasteiger partial charge is 0.287 e. The van der Waals surface area contributed by atoms with Gasteiger partial charge in [0.2, 0.25) is 0 Å². The minimum absolute atomic E-state index is 0.0682. The number of carbonyl (C=O) groups is 1. The van der Waals surface area contributed by atoms with Crippen molar-refractivity contribution in [1.82, 2.24) is 5.32 Å². The summed E-state index contributed by atoms with van der Waals surface area (Å²) in [5.41, 5.74) is 2.04. The molecule has 1 aliphatic rings. The normalized spacial score (nSPS) is 20.6. The highest BCUT2D eigenvalue weighted by atomic mass is 19.1. The second-order valence-corrected chi connectivity index (χ2v) is 6.56. The number of amides is 1. The maximum Gasteiger partial charge on any atom is 0.287 e. The molecule has 25 heavy (non-hydrogen) atoms. The van der Waals surface area contributed by atoms with Crippen LogP contribution in [0, 0.1) is 12.7 Å². The number of ether oxygens (including phenoxy) is 1. The second-order valence-electron chi connectivity index (χ2n) is 6.56. The Morgan fingerprint density at radius 1 is 1.28 bits per heavy atom. The molecule has 1 aromatic carbocycles. The zero-order valence-corrected chi connectivity index (χ0v) is 14.7. The van der Waals surface area contributed by atoms with E-state index in [1.165, 1.54) is 12.3 Å². The maximum absolute atomic E-state index is 14.5. The largest absolute Gasteiger partial charge is 0.459 e.